The molecule has 0 bridgehead atoms. The summed E-state index contributed by atoms with van der Waals surface area (Å²) >= 11 is 0. The van der Waals surface area contributed by atoms with Crippen molar-refractivity contribution < 1.29 is 19.3 Å². The first-order valence-corrected chi connectivity index (χ1v) is 5.89. The van der Waals surface area contributed by atoms with Crippen molar-refractivity contribution in [3.05, 3.63) is 0 Å². The number of hydrogen-bond donors (Lipinski definition) is 4. The zero-order valence-corrected chi connectivity index (χ0v) is 9.85. The van der Waals surface area contributed by atoms with Gasteiger partial charge in [-0.1, -0.05) is 0 Å². The molecular formula is C10H14FN5O3. The van der Waals surface area contributed by atoms with Crippen LogP contribution in [-0.2, 0) is 4.74 Å². The van der Waals surface area contributed by atoms with Crippen LogP contribution in [0, 0.1) is 5.41 Å². The van der Waals surface area contributed by atoms with Gasteiger partial charge in [-0.05, 0) is 0 Å². The summed E-state index contributed by atoms with van der Waals surface area (Å²) in [6.45, 7) is -0.456. The number of rotatable bonds is 2. The summed E-state index contributed by atoms with van der Waals surface area (Å²) in [5.41, 5.74) is 0. The van der Waals surface area contributed by atoms with Crippen molar-refractivity contribution in [2.75, 3.05) is 6.61 Å². The number of nitrogens with one attached hydrogen (secondary N) is 2. The number of hydrogen-bond acceptors (Lipinski definition) is 7. The van der Waals surface area contributed by atoms with Gasteiger partial charge in [-0.2, -0.15) is 0 Å². The Hall–Kier alpha value is -1.58. The molecule has 3 rings (SSSR count). The summed E-state index contributed by atoms with van der Waals surface area (Å²) in [6.07, 6.45) is -2.75. The van der Waals surface area contributed by atoms with Crippen molar-refractivity contribution in [2.45, 2.75) is 36.8 Å². The fourth-order valence-electron chi connectivity index (χ4n) is 2.44. The van der Waals surface area contributed by atoms with Crippen LogP contribution in [0.15, 0.2) is 9.98 Å². The van der Waals surface area contributed by atoms with E-state index in [4.69, 9.17) is 15.3 Å². The highest BCUT2D eigenvalue weighted by molar-refractivity contribution is 5.96. The molecule has 3 aliphatic rings. The molecule has 1 fully saturated rings. The summed E-state index contributed by atoms with van der Waals surface area (Å²) in [7, 11) is 0. The Morgan fingerprint density at radius 2 is 2.37 bits per heavy atom. The first-order valence-electron chi connectivity index (χ1n) is 5.89. The van der Waals surface area contributed by atoms with Crippen LogP contribution in [0.2, 0.25) is 0 Å². The van der Waals surface area contributed by atoms with Crippen LogP contribution in [0.5, 0.6) is 0 Å². The van der Waals surface area contributed by atoms with E-state index in [0.29, 0.717) is 0 Å². The number of fused-ring (bicyclic) bond motifs is 1. The molecule has 0 saturated carbocycles. The molecule has 2 unspecified atom stereocenters. The molecule has 8 nitrogen and oxygen atoms in total. The molecule has 6 atom stereocenters. The average Bonchev–Trinajstić information content (AvgIpc) is 2.94. The second-order valence-corrected chi connectivity index (χ2v) is 4.59. The first kappa shape index (κ1) is 12.5. The number of aliphatic imine (C=N–C) groups is 2. The Bertz CT molecular complexity index is 445. The predicted octanol–water partition coefficient (Wildman–Crippen LogP) is -1.95. The van der Waals surface area contributed by atoms with Gasteiger partial charge in [0.05, 0.1) is 19.3 Å². The van der Waals surface area contributed by atoms with Gasteiger partial charge in [-0.15, -0.1) is 0 Å². The number of nitrogens with zero attached hydrogens (tertiary/aromatic N) is 3. The summed E-state index contributed by atoms with van der Waals surface area (Å²) < 4.78 is 19.3. The van der Waals surface area contributed by atoms with E-state index < -0.39 is 43.4 Å². The number of amidine groups is 1. The lowest BCUT2D eigenvalue weighted by molar-refractivity contribution is -0.0713. The number of ether oxygens (including phenoxy) is 1. The Kier molecular flexibility index (Phi) is 2.96. The quantitative estimate of drug-likeness (QED) is 0.466. The van der Waals surface area contributed by atoms with Crippen LogP contribution in [0.25, 0.3) is 0 Å². The molecule has 0 amide bonds. The normalized spacial score (nSPS) is 44.6. The Morgan fingerprint density at radius 1 is 1.58 bits per heavy atom. The van der Waals surface area contributed by atoms with Crippen LogP contribution in [0.3, 0.4) is 0 Å². The number of aliphatic hydroxyl groups excluding tert-OH is 2. The van der Waals surface area contributed by atoms with Gasteiger partial charge in [0.25, 0.3) is 0 Å². The zero-order valence-electron chi connectivity index (χ0n) is 9.85. The molecule has 0 spiro atoms. The molecular weight excluding hydrogens is 257 g/mol. The number of alkyl halides is 1. The molecule has 0 radical (unpaired) electrons. The number of halogens is 1. The van der Waals surface area contributed by atoms with Crippen molar-refractivity contribution in [3.8, 4) is 0 Å². The van der Waals surface area contributed by atoms with E-state index in [9.17, 15) is 9.50 Å². The molecule has 3 aliphatic heterocycles. The SMILES string of the molecule is N=C1N=CNC2C1N=CN2[C@@H]1O[C@H](CO)[C@@H](O)[C@H]1F. The average molecular weight is 271 g/mol. The topological polar surface area (TPSA) is 114 Å². The molecule has 1 saturated heterocycles. The monoisotopic (exact) mass is 271 g/mol. The van der Waals surface area contributed by atoms with Crippen LogP contribution in [0.4, 0.5) is 4.39 Å². The van der Waals surface area contributed by atoms with Gasteiger partial charge in [0.15, 0.2) is 18.2 Å². The summed E-state index contributed by atoms with van der Waals surface area (Å²) in [4.78, 5) is 9.33. The van der Waals surface area contributed by atoms with Crippen molar-refractivity contribution in [1.29, 1.82) is 5.41 Å². The fourth-order valence-corrected chi connectivity index (χ4v) is 2.44. The van der Waals surface area contributed by atoms with E-state index in [1.165, 1.54) is 17.6 Å². The molecule has 0 aromatic heterocycles. The van der Waals surface area contributed by atoms with E-state index in [1.54, 1.807) is 0 Å². The highest BCUT2D eigenvalue weighted by Crippen LogP contribution is 2.30. The predicted molar refractivity (Wildman–Crippen MR) is 63.9 cm³/mol. The fraction of sp³-hybridized carbons (Fsp3) is 0.700. The second-order valence-electron chi connectivity index (χ2n) is 4.59. The molecule has 0 aliphatic carbocycles. The van der Waals surface area contributed by atoms with Gasteiger partial charge >= 0.3 is 0 Å². The van der Waals surface area contributed by atoms with Crippen molar-refractivity contribution in [1.82, 2.24) is 10.2 Å². The van der Waals surface area contributed by atoms with E-state index in [0.717, 1.165) is 0 Å². The summed E-state index contributed by atoms with van der Waals surface area (Å²) in [6, 6.07) is -0.522. The maximum Gasteiger partial charge on any atom is 0.173 e. The Morgan fingerprint density at radius 3 is 3.05 bits per heavy atom. The third kappa shape index (κ3) is 1.81. The first-order chi connectivity index (χ1) is 9.13. The Balaban J connectivity index is 1.79. The van der Waals surface area contributed by atoms with Crippen molar-refractivity contribution >= 4 is 18.5 Å². The summed E-state index contributed by atoms with van der Waals surface area (Å²) in [5.74, 6) is 0.0789. The molecule has 9 heteroatoms. The van der Waals surface area contributed by atoms with Gasteiger partial charge in [0, 0.05) is 0 Å². The van der Waals surface area contributed by atoms with E-state index >= 15 is 0 Å². The van der Waals surface area contributed by atoms with Gasteiger partial charge in [-0.25, -0.2) is 9.38 Å². The maximum absolute atomic E-state index is 14.0. The third-order valence-electron chi connectivity index (χ3n) is 3.48. The van der Waals surface area contributed by atoms with E-state index in [1.807, 2.05) is 0 Å². The third-order valence-corrected chi connectivity index (χ3v) is 3.48. The second kappa shape index (κ2) is 4.51. The Labute approximate surface area is 108 Å². The maximum atomic E-state index is 14.0. The van der Waals surface area contributed by atoms with Crippen molar-refractivity contribution in [3.63, 3.8) is 0 Å². The smallest absolute Gasteiger partial charge is 0.173 e. The lowest BCUT2D eigenvalue weighted by Gasteiger charge is -2.33. The van der Waals surface area contributed by atoms with E-state index in [2.05, 4.69) is 15.3 Å². The van der Waals surface area contributed by atoms with Crippen molar-refractivity contribution in [2.24, 2.45) is 9.98 Å². The summed E-state index contributed by atoms with van der Waals surface area (Å²) in [5, 5.41) is 29.2. The molecule has 0 aromatic carbocycles. The van der Waals surface area contributed by atoms with Gasteiger partial charge in [-0.3, -0.25) is 10.4 Å². The highest BCUT2D eigenvalue weighted by Gasteiger charge is 2.50. The molecule has 0 aromatic rings. The lowest BCUT2D eigenvalue weighted by Crippen LogP contribution is -2.57. The minimum atomic E-state index is -1.66. The molecule has 3 heterocycles. The molecule has 104 valence electrons. The van der Waals surface area contributed by atoms with Gasteiger partial charge in [0.1, 0.15) is 24.4 Å². The van der Waals surface area contributed by atoms with Gasteiger partial charge < -0.3 is 25.2 Å². The molecule has 19 heavy (non-hydrogen) atoms. The van der Waals surface area contributed by atoms with E-state index in [-0.39, 0.29) is 5.84 Å². The van der Waals surface area contributed by atoms with Crippen LogP contribution in [0.1, 0.15) is 0 Å². The van der Waals surface area contributed by atoms with Crippen LogP contribution < -0.4 is 5.32 Å². The van der Waals surface area contributed by atoms with Crippen LogP contribution >= 0.6 is 0 Å². The number of aliphatic hydroxyl groups is 2. The molecule has 4 N–H and O–H groups in total. The lowest BCUT2D eigenvalue weighted by atomic mass is 10.1. The van der Waals surface area contributed by atoms with Gasteiger partial charge in [0.2, 0.25) is 0 Å². The largest absolute Gasteiger partial charge is 0.394 e. The minimum absolute atomic E-state index is 0.0789. The van der Waals surface area contributed by atoms with Crippen LogP contribution in [-0.4, -0.2) is 77.0 Å². The zero-order chi connectivity index (χ0) is 13.6. The minimum Gasteiger partial charge on any atom is -0.394 e. The standard InChI is InChI=1S/C10H14FN5O3/c11-5-7(18)4(1-17)19-10(5)16-3-15-6-8(12)13-2-14-9(6)16/h2-7,9-10,17-18H,1H2,(H2,12,13,14)/t4-,5-,6?,7-,9?,10-/m1/s1. The highest BCUT2D eigenvalue weighted by atomic mass is 19.1.